The Hall–Kier alpha value is -2.76. The lowest BCUT2D eigenvalue weighted by Crippen LogP contribution is -2.16. The van der Waals surface area contributed by atoms with Gasteiger partial charge in [-0.2, -0.15) is 0 Å². The van der Waals surface area contributed by atoms with Crippen LogP contribution in [-0.2, 0) is 24.8 Å². The molecule has 0 bridgehead atoms. The van der Waals surface area contributed by atoms with Crippen LogP contribution in [0.3, 0.4) is 0 Å². The van der Waals surface area contributed by atoms with Gasteiger partial charge >= 0.3 is 0 Å². The molecule has 4 rings (SSSR count). The number of nitrogens with one attached hydrogen (secondary N) is 1. The average Bonchev–Trinajstić information content (AvgIpc) is 3.29. The Balaban J connectivity index is 1.65. The summed E-state index contributed by atoms with van der Waals surface area (Å²) in [5.41, 5.74) is 5.28. The van der Waals surface area contributed by atoms with Crippen molar-refractivity contribution in [2.24, 2.45) is 0 Å². The predicted molar refractivity (Wildman–Crippen MR) is 99.8 cm³/mol. The van der Waals surface area contributed by atoms with Crippen LogP contribution in [0.2, 0.25) is 0 Å². The third kappa shape index (κ3) is 3.19. The average molecular weight is 349 g/mol. The van der Waals surface area contributed by atoms with Crippen LogP contribution in [0.4, 0.5) is 5.82 Å². The Labute approximate surface area is 153 Å². The Morgan fingerprint density at radius 2 is 2.08 bits per heavy atom. The molecule has 0 spiro atoms. The van der Waals surface area contributed by atoms with Gasteiger partial charge in [0.2, 0.25) is 0 Å². The molecule has 0 atom stereocenters. The van der Waals surface area contributed by atoms with Gasteiger partial charge < -0.3 is 9.84 Å². The van der Waals surface area contributed by atoms with Crippen LogP contribution in [0.25, 0.3) is 11.4 Å². The molecular weight excluding hydrogens is 326 g/mol. The smallest absolute Gasteiger partial charge is 0.163 e. The molecule has 1 aliphatic rings. The molecule has 134 valence electrons. The summed E-state index contributed by atoms with van der Waals surface area (Å²) in [6.07, 6.45) is 8.42. The molecule has 1 N–H and O–H groups in total. The number of hydrogen-bond donors (Lipinski definition) is 1. The highest BCUT2D eigenvalue weighted by Gasteiger charge is 2.24. The molecule has 26 heavy (non-hydrogen) atoms. The third-order valence-corrected chi connectivity index (χ3v) is 4.65. The third-order valence-electron chi connectivity index (χ3n) is 4.65. The molecule has 0 radical (unpaired) electrons. The summed E-state index contributed by atoms with van der Waals surface area (Å²) in [5, 5.41) is 7.68. The summed E-state index contributed by atoms with van der Waals surface area (Å²) in [7, 11) is 0. The number of anilines is 1. The van der Waals surface area contributed by atoms with E-state index in [0.717, 1.165) is 53.4 Å². The fraction of sp³-hybridized carbons (Fsp3) is 0.400. The Bertz CT molecular complexity index is 912. The molecule has 1 aliphatic carbocycles. The second kappa shape index (κ2) is 6.52. The maximum Gasteiger partial charge on any atom is 0.163 e. The number of pyridine rings is 1. The lowest BCUT2D eigenvalue weighted by molar-refractivity contribution is 0.393. The summed E-state index contributed by atoms with van der Waals surface area (Å²) >= 11 is 0. The predicted octanol–water partition coefficient (Wildman–Crippen LogP) is 3.92. The second-order valence-electron chi connectivity index (χ2n) is 7.71. The van der Waals surface area contributed by atoms with Crippen molar-refractivity contribution in [3.8, 4) is 11.4 Å². The molecule has 6 heteroatoms. The van der Waals surface area contributed by atoms with E-state index in [1.165, 1.54) is 5.56 Å². The molecule has 0 unspecified atom stereocenters. The maximum atomic E-state index is 5.22. The molecule has 0 saturated heterocycles. The molecule has 0 aromatic carbocycles. The van der Waals surface area contributed by atoms with E-state index in [9.17, 15) is 0 Å². The first-order chi connectivity index (χ1) is 12.5. The first-order valence-corrected chi connectivity index (χ1v) is 9.00. The van der Waals surface area contributed by atoms with E-state index in [-0.39, 0.29) is 5.41 Å². The number of fused-ring (bicyclic) bond motifs is 1. The SMILES string of the molecule is CC(C)(C)c1nocc1CNc1nc(-c2cccnc2)nc2c1CCC2. The normalized spacial score (nSPS) is 13.7. The molecule has 0 fully saturated rings. The van der Waals surface area contributed by atoms with Gasteiger partial charge in [-0.1, -0.05) is 25.9 Å². The van der Waals surface area contributed by atoms with Crippen LogP contribution in [0.15, 0.2) is 35.3 Å². The first kappa shape index (κ1) is 16.7. The quantitative estimate of drug-likeness (QED) is 0.769. The van der Waals surface area contributed by atoms with Crippen molar-refractivity contribution in [2.45, 2.75) is 52.0 Å². The summed E-state index contributed by atoms with van der Waals surface area (Å²) in [6.45, 7) is 7.04. The van der Waals surface area contributed by atoms with Crippen molar-refractivity contribution in [2.75, 3.05) is 5.32 Å². The molecule has 3 heterocycles. The summed E-state index contributed by atoms with van der Waals surface area (Å²) < 4.78 is 5.22. The number of nitrogens with zero attached hydrogens (tertiary/aromatic N) is 4. The number of rotatable bonds is 4. The van der Waals surface area contributed by atoms with Gasteiger partial charge in [0.05, 0.1) is 5.69 Å². The highest BCUT2D eigenvalue weighted by atomic mass is 16.5. The zero-order chi connectivity index (χ0) is 18.1. The standard InChI is InChI=1S/C20H23N5O/c1-20(2,3)17-14(12-26-25-17)11-22-19-15-7-4-8-16(15)23-18(24-19)13-6-5-9-21-10-13/h5-6,9-10,12H,4,7-8,11H2,1-3H3,(H,22,23,24). The lowest BCUT2D eigenvalue weighted by atomic mass is 9.89. The van der Waals surface area contributed by atoms with Gasteiger partial charge in [-0.25, -0.2) is 9.97 Å². The molecule has 3 aromatic heterocycles. The minimum Gasteiger partial charge on any atom is -0.365 e. The van der Waals surface area contributed by atoms with Crippen LogP contribution in [0.5, 0.6) is 0 Å². The van der Waals surface area contributed by atoms with Crippen molar-refractivity contribution in [1.29, 1.82) is 0 Å². The first-order valence-electron chi connectivity index (χ1n) is 9.00. The minimum absolute atomic E-state index is 0.0570. The molecule has 0 saturated carbocycles. The Kier molecular flexibility index (Phi) is 4.18. The van der Waals surface area contributed by atoms with Crippen molar-refractivity contribution >= 4 is 5.82 Å². The zero-order valence-corrected chi connectivity index (χ0v) is 15.4. The van der Waals surface area contributed by atoms with Crippen molar-refractivity contribution in [3.05, 3.63) is 53.3 Å². The van der Waals surface area contributed by atoms with Gasteiger partial charge in [0.15, 0.2) is 5.82 Å². The van der Waals surface area contributed by atoms with Crippen LogP contribution in [-0.4, -0.2) is 20.1 Å². The van der Waals surface area contributed by atoms with Gasteiger partial charge in [0.25, 0.3) is 0 Å². The van der Waals surface area contributed by atoms with Crippen molar-refractivity contribution in [3.63, 3.8) is 0 Å². The van der Waals surface area contributed by atoms with Crippen LogP contribution in [0.1, 0.15) is 49.7 Å². The second-order valence-corrected chi connectivity index (χ2v) is 7.71. The van der Waals surface area contributed by atoms with E-state index in [2.05, 4.69) is 36.2 Å². The highest BCUT2D eigenvalue weighted by molar-refractivity contribution is 5.60. The fourth-order valence-electron chi connectivity index (χ4n) is 3.38. The van der Waals surface area contributed by atoms with Gasteiger partial charge in [0, 0.05) is 46.7 Å². The molecular formula is C20H23N5O. The molecule has 0 amide bonds. The Morgan fingerprint density at radius 3 is 2.85 bits per heavy atom. The van der Waals surface area contributed by atoms with E-state index >= 15 is 0 Å². The topological polar surface area (TPSA) is 76.7 Å². The zero-order valence-electron chi connectivity index (χ0n) is 15.4. The number of aromatic nitrogens is 4. The van der Waals surface area contributed by atoms with E-state index < -0.39 is 0 Å². The van der Waals surface area contributed by atoms with Gasteiger partial charge in [0.1, 0.15) is 12.1 Å². The van der Waals surface area contributed by atoms with Crippen LogP contribution in [0, 0.1) is 0 Å². The van der Waals surface area contributed by atoms with E-state index in [4.69, 9.17) is 14.5 Å². The van der Waals surface area contributed by atoms with Gasteiger partial charge in [-0.15, -0.1) is 0 Å². The van der Waals surface area contributed by atoms with Gasteiger partial charge in [-0.3, -0.25) is 4.98 Å². The summed E-state index contributed by atoms with van der Waals surface area (Å²) in [4.78, 5) is 13.7. The summed E-state index contributed by atoms with van der Waals surface area (Å²) in [5.74, 6) is 1.63. The minimum atomic E-state index is -0.0570. The highest BCUT2D eigenvalue weighted by Crippen LogP contribution is 2.30. The molecule has 6 nitrogen and oxygen atoms in total. The maximum absolute atomic E-state index is 5.22. The Morgan fingerprint density at radius 1 is 1.19 bits per heavy atom. The summed E-state index contributed by atoms with van der Waals surface area (Å²) in [6, 6.07) is 3.90. The van der Waals surface area contributed by atoms with Crippen molar-refractivity contribution in [1.82, 2.24) is 20.1 Å². The van der Waals surface area contributed by atoms with Crippen LogP contribution >= 0.6 is 0 Å². The monoisotopic (exact) mass is 349 g/mol. The van der Waals surface area contributed by atoms with Crippen LogP contribution < -0.4 is 5.32 Å². The van der Waals surface area contributed by atoms with E-state index in [1.807, 2.05) is 12.1 Å². The van der Waals surface area contributed by atoms with Gasteiger partial charge in [-0.05, 0) is 31.4 Å². The number of aryl methyl sites for hydroxylation is 1. The fourth-order valence-corrected chi connectivity index (χ4v) is 3.38. The number of hydrogen-bond acceptors (Lipinski definition) is 6. The van der Waals surface area contributed by atoms with Crippen molar-refractivity contribution < 1.29 is 4.52 Å². The lowest BCUT2D eigenvalue weighted by Gasteiger charge is -2.17. The molecule has 0 aliphatic heterocycles. The van der Waals surface area contributed by atoms with E-state index in [1.54, 1.807) is 18.7 Å². The van der Waals surface area contributed by atoms with E-state index in [0.29, 0.717) is 6.54 Å². The molecule has 3 aromatic rings. The largest absolute Gasteiger partial charge is 0.365 e.